The van der Waals surface area contributed by atoms with Crippen molar-refractivity contribution in [2.45, 2.75) is 49.2 Å². The molecule has 208 valence electrons. The summed E-state index contributed by atoms with van der Waals surface area (Å²) in [6.07, 6.45) is 2.88. The third-order valence-corrected chi connectivity index (χ3v) is 10.0. The number of carbonyl (C=O) groups is 2. The molecule has 8 rings (SSSR count). The van der Waals surface area contributed by atoms with Crippen molar-refractivity contribution in [3.63, 3.8) is 0 Å². The van der Waals surface area contributed by atoms with Crippen LogP contribution in [0.2, 0.25) is 10.0 Å². The van der Waals surface area contributed by atoms with Crippen LogP contribution in [0.15, 0.2) is 54.6 Å². The Morgan fingerprint density at radius 2 is 1.95 bits per heavy atom. The van der Waals surface area contributed by atoms with E-state index in [0.29, 0.717) is 47.2 Å². The van der Waals surface area contributed by atoms with E-state index in [9.17, 15) is 14.7 Å². The van der Waals surface area contributed by atoms with E-state index < -0.39 is 23.2 Å². The molecule has 0 unspecified atom stereocenters. The number of nitrogens with zero attached hydrogens (tertiary/aromatic N) is 3. The second kappa shape index (κ2) is 8.77. The molecule has 4 aromatic rings. The molecule has 3 aromatic carbocycles. The second-order valence-electron chi connectivity index (χ2n) is 11.6. The highest BCUT2D eigenvalue weighted by molar-refractivity contribution is 6.31. The molecule has 2 fully saturated rings. The van der Waals surface area contributed by atoms with Gasteiger partial charge >= 0.3 is 5.97 Å². The number of anilines is 1. The number of aromatic carboxylic acids is 1. The average Bonchev–Trinajstić information content (AvgIpc) is 3.54. The Labute approximate surface area is 244 Å². The third-order valence-electron chi connectivity index (χ3n) is 9.50. The number of aromatic nitrogens is 2. The first-order valence-electron chi connectivity index (χ1n) is 13.8. The normalized spacial score (nSPS) is 26.7. The Balaban J connectivity index is 1.43. The van der Waals surface area contributed by atoms with Gasteiger partial charge in [-0.3, -0.25) is 9.69 Å². The molecule has 1 saturated heterocycles. The molecule has 4 heterocycles. The number of fused-ring (bicyclic) bond motifs is 7. The van der Waals surface area contributed by atoms with E-state index in [0.717, 1.165) is 29.7 Å². The summed E-state index contributed by atoms with van der Waals surface area (Å²) in [7, 11) is 0. The predicted molar refractivity (Wildman–Crippen MR) is 153 cm³/mol. The van der Waals surface area contributed by atoms with Gasteiger partial charge in [-0.05, 0) is 67.1 Å². The van der Waals surface area contributed by atoms with Crippen LogP contribution < -0.4 is 5.32 Å². The maximum Gasteiger partial charge on any atom is 0.335 e. The number of carboxylic acid groups (broad SMARTS) is 1. The minimum Gasteiger partial charge on any atom is -0.478 e. The molecule has 4 atom stereocenters. The highest BCUT2D eigenvalue weighted by Crippen LogP contribution is 2.64. The molecular formula is C31H25Cl2FN4O3. The van der Waals surface area contributed by atoms with Gasteiger partial charge in [-0.1, -0.05) is 41.4 Å². The second-order valence-corrected chi connectivity index (χ2v) is 12.5. The molecule has 41 heavy (non-hydrogen) atoms. The number of nitrogens with one attached hydrogen (secondary N) is 1. The van der Waals surface area contributed by atoms with Gasteiger partial charge in [-0.2, -0.15) is 0 Å². The van der Waals surface area contributed by atoms with E-state index in [1.165, 1.54) is 6.07 Å². The quantitative estimate of drug-likeness (QED) is 0.287. The summed E-state index contributed by atoms with van der Waals surface area (Å²) in [5.41, 5.74) is 2.16. The minimum absolute atomic E-state index is 0.00000926. The number of benzene rings is 3. The van der Waals surface area contributed by atoms with E-state index in [1.807, 2.05) is 6.07 Å². The Morgan fingerprint density at radius 1 is 1.12 bits per heavy atom. The van der Waals surface area contributed by atoms with Crippen molar-refractivity contribution < 1.29 is 19.1 Å². The number of carbonyl (C=O) groups excluding carboxylic acids is 1. The third kappa shape index (κ3) is 3.44. The molecule has 4 aliphatic rings. The van der Waals surface area contributed by atoms with Gasteiger partial charge in [-0.25, -0.2) is 14.2 Å². The van der Waals surface area contributed by atoms with Crippen molar-refractivity contribution in [2.75, 3.05) is 11.9 Å². The van der Waals surface area contributed by atoms with E-state index in [2.05, 4.69) is 14.8 Å². The van der Waals surface area contributed by atoms with Gasteiger partial charge in [-0.15, -0.1) is 0 Å². The molecule has 1 aromatic heterocycles. The van der Waals surface area contributed by atoms with Gasteiger partial charge in [0.1, 0.15) is 17.2 Å². The number of hydrogen-bond donors (Lipinski definition) is 2. The fourth-order valence-electron chi connectivity index (χ4n) is 7.72. The number of amides is 1. The van der Waals surface area contributed by atoms with E-state index in [1.54, 1.807) is 42.5 Å². The van der Waals surface area contributed by atoms with Crippen molar-refractivity contribution >= 4 is 51.8 Å². The molecule has 7 nitrogen and oxygen atoms in total. The first kappa shape index (κ1) is 25.3. The van der Waals surface area contributed by atoms with Gasteiger partial charge in [0.05, 0.1) is 21.6 Å². The summed E-state index contributed by atoms with van der Waals surface area (Å²) in [5, 5.41) is 13.2. The lowest BCUT2D eigenvalue weighted by atomic mass is 9.70. The van der Waals surface area contributed by atoms with E-state index in [-0.39, 0.29) is 28.5 Å². The SMILES string of the molecule is O=C(O)c1ccc2nc3n(c2c1)CC[C@H]1[C@@H]3[C@H](c2cccc(Cl)c2F)[C@]2(C(=O)Nc3cc(Cl)ccc32)N1CC1CC1. The summed E-state index contributed by atoms with van der Waals surface area (Å²) in [6, 6.07) is 15.2. The number of likely N-dealkylation sites (tertiary alicyclic amines) is 1. The lowest BCUT2D eigenvalue weighted by Gasteiger charge is -2.40. The molecule has 3 aliphatic heterocycles. The van der Waals surface area contributed by atoms with E-state index in [4.69, 9.17) is 28.2 Å². The number of imidazole rings is 1. The van der Waals surface area contributed by atoms with Crippen molar-refractivity contribution in [2.24, 2.45) is 5.92 Å². The first-order valence-corrected chi connectivity index (χ1v) is 14.6. The number of halogens is 3. The molecule has 10 heteroatoms. The fraction of sp³-hybridized carbons (Fsp3) is 0.323. The molecule has 0 bridgehead atoms. The molecule has 0 radical (unpaired) electrons. The van der Waals surface area contributed by atoms with Crippen molar-refractivity contribution in [1.29, 1.82) is 0 Å². The average molecular weight is 591 g/mol. The van der Waals surface area contributed by atoms with Crippen LogP contribution in [0.25, 0.3) is 11.0 Å². The molecule has 1 saturated carbocycles. The smallest absolute Gasteiger partial charge is 0.335 e. The van der Waals surface area contributed by atoms with Crippen molar-refractivity contribution in [1.82, 2.24) is 14.5 Å². The number of aryl methyl sites for hydroxylation is 1. The van der Waals surface area contributed by atoms with Gasteiger partial charge in [0, 0.05) is 47.2 Å². The van der Waals surface area contributed by atoms with Crippen LogP contribution in [0, 0.1) is 11.7 Å². The Kier molecular flexibility index (Phi) is 5.40. The zero-order chi connectivity index (χ0) is 28.2. The van der Waals surface area contributed by atoms with Crippen LogP contribution in [0.1, 0.15) is 58.4 Å². The van der Waals surface area contributed by atoms with Gasteiger partial charge in [0.25, 0.3) is 0 Å². The maximum absolute atomic E-state index is 16.1. The zero-order valence-corrected chi connectivity index (χ0v) is 23.3. The topological polar surface area (TPSA) is 87.5 Å². The molecule has 1 amide bonds. The molecule has 1 aliphatic carbocycles. The number of hydrogen-bond acceptors (Lipinski definition) is 4. The van der Waals surface area contributed by atoms with Gasteiger partial charge in [0.15, 0.2) is 0 Å². The van der Waals surface area contributed by atoms with Crippen LogP contribution in [0.3, 0.4) is 0 Å². The predicted octanol–water partition coefficient (Wildman–Crippen LogP) is 6.39. The maximum atomic E-state index is 16.1. The van der Waals surface area contributed by atoms with Crippen LogP contribution in [-0.4, -0.2) is 44.0 Å². The van der Waals surface area contributed by atoms with Crippen LogP contribution in [-0.2, 0) is 16.9 Å². The highest BCUT2D eigenvalue weighted by Gasteiger charge is 2.69. The Morgan fingerprint density at radius 3 is 2.73 bits per heavy atom. The molecule has 1 spiro atoms. The van der Waals surface area contributed by atoms with Crippen molar-refractivity contribution in [3.8, 4) is 0 Å². The van der Waals surface area contributed by atoms with Crippen molar-refractivity contribution in [3.05, 3.63) is 93.0 Å². The monoisotopic (exact) mass is 590 g/mol. The summed E-state index contributed by atoms with van der Waals surface area (Å²) in [6.45, 7) is 1.31. The van der Waals surface area contributed by atoms with E-state index >= 15 is 4.39 Å². The Hall–Kier alpha value is -3.46. The lowest BCUT2D eigenvalue weighted by Crippen LogP contribution is -2.53. The molecule has 2 N–H and O–H groups in total. The zero-order valence-electron chi connectivity index (χ0n) is 21.8. The fourth-order valence-corrected chi connectivity index (χ4v) is 8.08. The van der Waals surface area contributed by atoms with Crippen LogP contribution >= 0.6 is 23.2 Å². The summed E-state index contributed by atoms with van der Waals surface area (Å²) in [4.78, 5) is 33.6. The van der Waals surface area contributed by atoms with Gasteiger partial charge in [0.2, 0.25) is 5.91 Å². The minimum atomic E-state index is -1.21. The number of carboxylic acids is 1. The van der Waals surface area contributed by atoms with Crippen LogP contribution in [0.4, 0.5) is 10.1 Å². The number of rotatable bonds is 4. The lowest BCUT2D eigenvalue weighted by molar-refractivity contribution is -0.128. The summed E-state index contributed by atoms with van der Waals surface area (Å²) >= 11 is 12.7. The Bertz CT molecular complexity index is 1800. The van der Waals surface area contributed by atoms with Crippen LogP contribution in [0.5, 0.6) is 0 Å². The summed E-state index contributed by atoms with van der Waals surface area (Å²) < 4.78 is 18.2. The molecular weight excluding hydrogens is 566 g/mol. The first-order chi connectivity index (χ1) is 19.8. The van der Waals surface area contributed by atoms with Gasteiger partial charge < -0.3 is 15.0 Å². The summed E-state index contributed by atoms with van der Waals surface area (Å²) in [5.74, 6) is -1.57. The standard InChI is InChI=1S/C31H25Cl2FN4O3/c32-17-7-8-19-22(13-17)36-30(41)31(19)26(18-2-1-3-20(33)27(18)34)25-23(38(31)14-15-4-5-15)10-11-37-24-12-16(29(39)40)6-9-21(24)35-28(25)37/h1-3,6-9,12-13,15,23,25-26H,4-5,10-11,14H2,(H,36,41)(H,39,40)/t23-,25+,26-,31+/m0/s1. The largest absolute Gasteiger partial charge is 0.478 e. The highest BCUT2D eigenvalue weighted by atomic mass is 35.5.